The second kappa shape index (κ2) is 5.00. The number of aromatic nitrogens is 2. The number of rotatable bonds is 1. The van der Waals surface area contributed by atoms with Gasteiger partial charge in [-0.25, -0.2) is 4.39 Å². The van der Waals surface area contributed by atoms with Crippen LogP contribution in [0, 0.1) is 17.1 Å². The van der Waals surface area contributed by atoms with E-state index in [-0.39, 0.29) is 11.8 Å². The third-order valence-electron chi connectivity index (χ3n) is 3.58. The number of anilines is 2. The number of H-pyrrole nitrogens is 1. The summed E-state index contributed by atoms with van der Waals surface area (Å²) in [6.45, 7) is 1.72. The molecule has 0 amide bonds. The summed E-state index contributed by atoms with van der Waals surface area (Å²) in [6, 6.07) is 7.80. The maximum atomic E-state index is 13.2. The molecule has 0 spiro atoms. The Kier molecular flexibility index (Phi) is 3.14. The maximum Gasteiger partial charge on any atom is 0.258 e. The molecule has 0 radical (unpaired) electrons. The number of nitrogen functional groups attached to an aromatic ring is 1. The van der Waals surface area contributed by atoms with Crippen molar-refractivity contribution in [2.75, 3.05) is 11.1 Å². The van der Waals surface area contributed by atoms with E-state index in [0.717, 1.165) is 0 Å². The first-order valence-electron chi connectivity index (χ1n) is 6.54. The Morgan fingerprint density at radius 1 is 1.36 bits per heavy atom. The number of nitrogens with two attached hydrogens (primary N) is 1. The molecule has 1 aromatic carbocycles. The van der Waals surface area contributed by atoms with E-state index in [0.29, 0.717) is 28.2 Å². The van der Waals surface area contributed by atoms with Gasteiger partial charge in [0.1, 0.15) is 11.6 Å². The molecule has 0 bridgehead atoms. The topological polar surface area (TPSA) is 108 Å². The second-order valence-corrected chi connectivity index (χ2v) is 4.97. The van der Waals surface area contributed by atoms with Crippen molar-refractivity contribution in [1.29, 1.82) is 5.26 Å². The van der Waals surface area contributed by atoms with Crippen LogP contribution in [0.3, 0.4) is 0 Å². The molecule has 1 atom stereocenters. The highest BCUT2D eigenvalue weighted by Gasteiger charge is 2.31. The quantitative estimate of drug-likeness (QED) is 0.744. The van der Waals surface area contributed by atoms with Gasteiger partial charge in [-0.2, -0.15) is 10.2 Å². The van der Waals surface area contributed by atoms with Crippen molar-refractivity contribution in [3.05, 3.63) is 62.8 Å². The van der Waals surface area contributed by atoms with E-state index in [9.17, 15) is 14.4 Å². The fourth-order valence-corrected chi connectivity index (χ4v) is 2.61. The monoisotopic (exact) mass is 297 g/mol. The van der Waals surface area contributed by atoms with Crippen LogP contribution in [0.5, 0.6) is 0 Å². The Morgan fingerprint density at radius 2 is 2.05 bits per heavy atom. The first-order chi connectivity index (χ1) is 10.5. The minimum Gasteiger partial charge on any atom is -0.369 e. The Bertz CT molecular complexity index is 876. The van der Waals surface area contributed by atoms with Gasteiger partial charge in [-0.3, -0.25) is 9.78 Å². The number of fused-ring (bicyclic) bond motifs is 1. The van der Waals surface area contributed by atoms with Crippen molar-refractivity contribution in [3.8, 4) is 6.07 Å². The minimum atomic E-state index is -0.612. The molecule has 0 saturated carbocycles. The number of hydrogen-bond donors (Lipinski definition) is 3. The Labute approximate surface area is 125 Å². The van der Waals surface area contributed by atoms with Gasteiger partial charge in [0.2, 0.25) is 5.95 Å². The van der Waals surface area contributed by atoms with Gasteiger partial charge >= 0.3 is 0 Å². The van der Waals surface area contributed by atoms with Crippen LogP contribution in [-0.2, 0) is 0 Å². The molecule has 22 heavy (non-hydrogen) atoms. The van der Waals surface area contributed by atoms with Crippen molar-refractivity contribution in [2.45, 2.75) is 12.8 Å². The number of allylic oxidation sites excluding steroid dienone is 2. The second-order valence-electron chi connectivity index (χ2n) is 4.97. The number of halogens is 1. The molecule has 3 rings (SSSR count). The molecule has 0 saturated heterocycles. The summed E-state index contributed by atoms with van der Waals surface area (Å²) in [6.07, 6.45) is 0. The van der Waals surface area contributed by atoms with Crippen LogP contribution in [0.4, 0.5) is 16.2 Å². The van der Waals surface area contributed by atoms with Crippen LogP contribution >= 0.6 is 0 Å². The summed E-state index contributed by atoms with van der Waals surface area (Å²) in [4.78, 5) is 18.8. The number of nitriles is 1. The smallest absolute Gasteiger partial charge is 0.258 e. The molecule has 1 aliphatic heterocycles. The number of aromatic amines is 1. The van der Waals surface area contributed by atoms with E-state index in [1.54, 1.807) is 19.1 Å². The third-order valence-corrected chi connectivity index (χ3v) is 3.58. The van der Waals surface area contributed by atoms with Crippen LogP contribution in [-0.4, -0.2) is 9.97 Å². The summed E-state index contributed by atoms with van der Waals surface area (Å²) in [5, 5.41) is 12.4. The van der Waals surface area contributed by atoms with E-state index in [1.165, 1.54) is 12.1 Å². The van der Waals surface area contributed by atoms with Crippen molar-refractivity contribution >= 4 is 11.8 Å². The molecule has 2 heterocycles. The first kappa shape index (κ1) is 13.8. The minimum absolute atomic E-state index is 0.0117. The predicted octanol–water partition coefficient (Wildman–Crippen LogP) is 1.85. The van der Waals surface area contributed by atoms with E-state index in [1.807, 2.05) is 0 Å². The van der Waals surface area contributed by atoms with Gasteiger partial charge < -0.3 is 11.1 Å². The van der Waals surface area contributed by atoms with Crippen LogP contribution in [0.15, 0.2) is 40.3 Å². The van der Waals surface area contributed by atoms with E-state index in [2.05, 4.69) is 21.4 Å². The normalized spacial score (nSPS) is 16.7. The lowest BCUT2D eigenvalue weighted by molar-refractivity contribution is 0.626. The van der Waals surface area contributed by atoms with Crippen LogP contribution in [0.25, 0.3) is 0 Å². The zero-order valence-electron chi connectivity index (χ0n) is 11.6. The fourth-order valence-electron chi connectivity index (χ4n) is 2.61. The standard InChI is InChI=1S/C15H12FN5O/c1-7-10(6-17)11(8-2-4-9(16)5-3-8)12-13(19-7)20-15(18)21-14(12)22/h2-5,11H,1H3,(H4,18,19,20,21,22). The average molecular weight is 297 g/mol. The molecule has 0 fully saturated rings. The lowest BCUT2D eigenvalue weighted by Crippen LogP contribution is -2.27. The number of hydrogen-bond acceptors (Lipinski definition) is 5. The summed E-state index contributed by atoms with van der Waals surface area (Å²) in [5.74, 6) is -0.699. The molecule has 1 aliphatic rings. The van der Waals surface area contributed by atoms with Gasteiger partial charge in [0.15, 0.2) is 0 Å². The number of nitrogens with one attached hydrogen (secondary N) is 2. The summed E-state index contributed by atoms with van der Waals surface area (Å²) in [5.41, 5.74) is 7.04. The van der Waals surface area contributed by atoms with Crippen molar-refractivity contribution < 1.29 is 4.39 Å². The zero-order chi connectivity index (χ0) is 15.9. The number of nitrogens with zero attached hydrogens (tertiary/aromatic N) is 2. The highest BCUT2D eigenvalue weighted by Crippen LogP contribution is 2.38. The molecule has 1 unspecified atom stereocenters. The fraction of sp³-hybridized carbons (Fsp3) is 0.133. The van der Waals surface area contributed by atoms with E-state index >= 15 is 0 Å². The third kappa shape index (κ3) is 2.11. The van der Waals surface area contributed by atoms with Crippen molar-refractivity contribution in [3.63, 3.8) is 0 Å². The summed E-state index contributed by atoms with van der Waals surface area (Å²) in [7, 11) is 0. The van der Waals surface area contributed by atoms with E-state index < -0.39 is 11.5 Å². The van der Waals surface area contributed by atoms with Crippen LogP contribution in [0.1, 0.15) is 24.0 Å². The molecule has 2 aromatic rings. The largest absolute Gasteiger partial charge is 0.369 e. The average Bonchev–Trinajstić information content (AvgIpc) is 2.46. The molecule has 6 nitrogen and oxygen atoms in total. The van der Waals surface area contributed by atoms with Crippen molar-refractivity contribution in [1.82, 2.24) is 9.97 Å². The van der Waals surface area contributed by atoms with Crippen molar-refractivity contribution in [2.24, 2.45) is 0 Å². The Morgan fingerprint density at radius 3 is 2.68 bits per heavy atom. The van der Waals surface area contributed by atoms with E-state index in [4.69, 9.17) is 5.73 Å². The van der Waals surface area contributed by atoms with Gasteiger partial charge in [-0.05, 0) is 24.6 Å². The van der Waals surface area contributed by atoms with Gasteiger partial charge in [-0.1, -0.05) is 12.1 Å². The Balaban J connectivity index is 2.29. The maximum absolute atomic E-state index is 13.2. The van der Waals surface area contributed by atoms with Gasteiger partial charge in [0, 0.05) is 5.70 Å². The summed E-state index contributed by atoms with van der Waals surface area (Å²) < 4.78 is 13.2. The van der Waals surface area contributed by atoms with Crippen LogP contribution < -0.4 is 16.6 Å². The molecule has 110 valence electrons. The lowest BCUT2D eigenvalue weighted by Gasteiger charge is -2.26. The molecule has 0 aliphatic carbocycles. The molecular formula is C15H12FN5O. The summed E-state index contributed by atoms with van der Waals surface area (Å²) >= 11 is 0. The Hall–Kier alpha value is -3.14. The molecule has 1 aromatic heterocycles. The highest BCUT2D eigenvalue weighted by molar-refractivity contribution is 5.64. The predicted molar refractivity (Wildman–Crippen MR) is 79.4 cm³/mol. The number of benzene rings is 1. The first-order valence-corrected chi connectivity index (χ1v) is 6.54. The van der Waals surface area contributed by atoms with Gasteiger partial charge in [0.25, 0.3) is 5.56 Å². The lowest BCUT2D eigenvalue weighted by atomic mass is 9.83. The molecule has 4 N–H and O–H groups in total. The van der Waals surface area contributed by atoms with Gasteiger partial charge in [-0.15, -0.1) is 0 Å². The van der Waals surface area contributed by atoms with Gasteiger partial charge in [0.05, 0.1) is 23.1 Å². The SMILES string of the molecule is CC1=C(C#N)C(c2ccc(F)cc2)c2c(nc(N)[nH]c2=O)N1. The molecular weight excluding hydrogens is 285 g/mol. The molecule has 7 heteroatoms. The van der Waals surface area contributed by atoms with Crippen LogP contribution in [0.2, 0.25) is 0 Å². The highest BCUT2D eigenvalue weighted by atomic mass is 19.1. The zero-order valence-corrected chi connectivity index (χ0v) is 11.6.